The Labute approximate surface area is 104 Å². The molecule has 0 aliphatic carbocycles. The van der Waals surface area contributed by atoms with Crippen LogP contribution >= 0.6 is 0 Å². The van der Waals surface area contributed by atoms with Gasteiger partial charge < -0.3 is 15.2 Å². The number of rotatable bonds is 3. The van der Waals surface area contributed by atoms with Gasteiger partial charge in [-0.2, -0.15) is 0 Å². The van der Waals surface area contributed by atoms with Gasteiger partial charge in [0, 0.05) is 11.9 Å². The molecule has 0 fully saturated rings. The predicted octanol–water partition coefficient (Wildman–Crippen LogP) is 2.05. The molecule has 1 amide bonds. The molecule has 2 aromatic rings. The largest absolute Gasteiger partial charge is 0.508 e. The van der Waals surface area contributed by atoms with E-state index in [9.17, 15) is 4.79 Å². The molecule has 0 saturated carbocycles. The Kier molecular flexibility index (Phi) is 3.43. The van der Waals surface area contributed by atoms with Gasteiger partial charge in [0.15, 0.2) is 0 Å². The second kappa shape index (κ2) is 5.18. The van der Waals surface area contributed by atoms with Crippen LogP contribution in [0.4, 0.5) is 5.69 Å². The van der Waals surface area contributed by atoms with Gasteiger partial charge >= 0.3 is 0 Å². The number of pyridine rings is 1. The lowest BCUT2D eigenvalue weighted by molar-refractivity contribution is 0.102. The normalized spacial score (nSPS) is 9.83. The average Bonchev–Trinajstić information content (AvgIpc) is 2.41. The minimum Gasteiger partial charge on any atom is -0.508 e. The number of carbonyl (C=O) groups excluding carboxylic acids is 1. The Morgan fingerprint density at radius 2 is 2.00 bits per heavy atom. The summed E-state index contributed by atoms with van der Waals surface area (Å²) in [6.07, 6.45) is 3.00. The van der Waals surface area contributed by atoms with Crippen molar-refractivity contribution in [1.82, 2.24) is 4.98 Å². The highest BCUT2D eigenvalue weighted by atomic mass is 16.5. The number of carbonyl (C=O) groups is 1. The maximum absolute atomic E-state index is 12.0. The Bertz CT molecular complexity index is 552. The molecule has 5 nitrogen and oxygen atoms in total. The maximum Gasteiger partial charge on any atom is 0.259 e. The molecular weight excluding hydrogens is 232 g/mol. The van der Waals surface area contributed by atoms with Crippen molar-refractivity contribution in [1.29, 1.82) is 0 Å². The topological polar surface area (TPSA) is 71.5 Å². The van der Waals surface area contributed by atoms with Crippen molar-refractivity contribution in [2.75, 3.05) is 12.4 Å². The minimum atomic E-state index is -0.292. The van der Waals surface area contributed by atoms with Gasteiger partial charge in [0.1, 0.15) is 11.5 Å². The fourth-order valence-electron chi connectivity index (χ4n) is 1.47. The van der Waals surface area contributed by atoms with E-state index in [-0.39, 0.29) is 11.7 Å². The number of aromatic nitrogens is 1. The molecule has 0 atom stereocenters. The van der Waals surface area contributed by atoms with Crippen molar-refractivity contribution in [3.63, 3.8) is 0 Å². The summed E-state index contributed by atoms with van der Waals surface area (Å²) in [5.41, 5.74) is 0.997. The molecule has 0 aliphatic rings. The molecule has 0 saturated heterocycles. The zero-order valence-electron chi connectivity index (χ0n) is 9.75. The number of aromatic hydroxyl groups is 1. The van der Waals surface area contributed by atoms with E-state index in [1.54, 1.807) is 18.2 Å². The van der Waals surface area contributed by atoms with E-state index in [2.05, 4.69) is 10.3 Å². The summed E-state index contributed by atoms with van der Waals surface area (Å²) >= 11 is 0. The van der Waals surface area contributed by atoms with Crippen LogP contribution in [-0.2, 0) is 0 Å². The summed E-state index contributed by atoms with van der Waals surface area (Å²) in [6, 6.07) is 7.80. The number of nitrogens with zero attached hydrogens (tertiary/aromatic N) is 1. The van der Waals surface area contributed by atoms with Gasteiger partial charge in [-0.25, -0.2) is 0 Å². The predicted molar refractivity (Wildman–Crippen MR) is 66.8 cm³/mol. The number of methoxy groups -OCH3 is 1. The van der Waals surface area contributed by atoms with Crippen LogP contribution in [0.15, 0.2) is 42.7 Å². The van der Waals surface area contributed by atoms with Crippen molar-refractivity contribution in [2.45, 2.75) is 0 Å². The van der Waals surface area contributed by atoms with Crippen LogP contribution in [0, 0.1) is 0 Å². The van der Waals surface area contributed by atoms with E-state index in [1.807, 2.05) is 0 Å². The summed E-state index contributed by atoms with van der Waals surface area (Å²) in [4.78, 5) is 15.9. The Balaban J connectivity index is 2.19. The number of benzene rings is 1. The quantitative estimate of drug-likeness (QED) is 0.810. The van der Waals surface area contributed by atoms with E-state index in [0.29, 0.717) is 17.0 Å². The van der Waals surface area contributed by atoms with Gasteiger partial charge in [0.05, 0.1) is 18.9 Å². The molecule has 2 N–H and O–H groups in total. The van der Waals surface area contributed by atoms with E-state index in [1.165, 1.54) is 31.6 Å². The molecule has 0 spiro atoms. The Hall–Kier alpha value is -2.56. The van der Waals surface area contributed by atoms with Crippen LogP contribution in [0.25, 0.3) is 0 Å². The molecule has 0 bridgehead atoms. The molecule has 5 heteroatoms. The fraction of sp³-hybridized carbons (Fsp3) is 0.0769. The lowest BCUT2D eigenvalue weighted by Crippen LogP contribution is -2.13. The summed E-state index contributed by atoms with van der Waals surface area (Å²) < 4.78 is 5.06. The monoisotopic (exact) mass is 244 g/mol. The molecule has 2 rings (SSSR count). The number of nitrogens with one attached hydrogen (secondary N) is 1. The zero-order valence-corrected chi connectivity index (χ0v) is 9.75. The number of phenolic OH excluding ortho intramolecular Hbond substituents is 1. The molecule has 1 aromatic carbocycles. The number of hydrogen-bond acceptors (Lipinski definition) is 4. The lowest BCUT2D eigenvalue weighted by atomic mass is 10.2. The number of hydrogen-bond donors (Lipinski definition) is 2. The van der Waals surface area contributed by atoms with Gasteiger partial charge in [0.25, 0.3) is 5.91 Å². The van der Waals surface area contributed by atoms with Crippen molar-refractivity contribution in [2.24, 2.45) is 0 Å². The highest BCUT2D eigenvalue weighted by Crippen LogP contribution is 2.19. The summed E-state index contributed by atoms with van der Waals surface area (Å²) in [5.74, 6) is 0.267. The molecule has 1 heterocycles. The highest BCUT2D eigenvalue weighted by molar-refractivity contribution is 6.06. The summed E-state index contributed by atoms with van der Waals surface area (Å²) in [7, 11) is 1.48. The number of anilines is 1. The lowest BCUT2D eigenvalue weighted by Gasteiger charge is -2.08. The first-order chi connectivity index (χ1) is 8.70. The maximum atomic E-state index is 12.0. The van der Waals surface area contributed by atoms with Crippen LogP contribution in [0.5, 0.6) is 11.5 Å². The van der Waals surface area contributed by atoms with E-state index in [4.69, 9.17) is 9.84 Å². The summed E-state index contributed by atoms with van der Waals surface area (Å²) in [6.45, 7) is 0. The first kappa shape index (κ1) is 11.9. The molecule has 92 valence electrons. The van der Waals surface area contributed by atoms with Gasteiger partial charge in [-0.05, 0) is 30.3 Å². The molecule has 0 unspecified atom stereocenters. The van der Waals surface area contributed by atoms with Crippen LogP contribution in [-0.4, -0.2) is 23.1 Å². The van der Waals surface area contributed by atoms with E-state index >= 15 is 0 Å². The Morgan fingerprint density at radius 1 is 1.28 bits per heavy atom. The number of ether oxygens (including phenoxy) is 1. The van der Waals surface area contributed by atoms with Crippen molar-refractivity contribution in [3.8, 4) is 11.5 Å². The third-order valence-corrected chi connectivity index (χ3v) is 2.37. The van der Waals surface area contributed by atoms with E-state index in [0.717, 1.165) is 0 Å². The van der Waals surface area contributed by atoms with Gasteiger partial charge in [-0.15, -0.1) is 0 Å². The molecule has 18 heavy (non-hydrogen) atoms. The third kappa shape index (κ3) is 2.57. The highest BCUT2D eigenvalue weighted by Gasteiger charge is 2.11. The van der Waals surface area contributed by atoms with E-state index < -0.39 is 0 Å². The van der Waals surface area contributed by atoms with Crippen molar-refractivity contribution < 1.29 is 14.6 Å². The molecule has 0 aliphatic heterocycles. The van der Waals surface area contributed by atoms with Gasteiger partial charge in [0.2, 0.25) is 0 Å². The van der Waals surface area contributed by atoms with Crippen LogP contribution in [0.1, 0.15) is 10.4 Å². The first-order valence-electron chi connectivity index (χ1n) is 5.29. The van der Waals surface area contributed by atoms with Crippen LogP contribution < -0.4 is 10.1 Å². The smallest absolute Gasteiger partial charge is 0.259 e. The van der Waals surface area contributed by atoms with Crippen molar-refractivity contribution >= 4 is 11.6 Å². The van der Waals surface area contributed by atoms with Gasteiger partial charge in [-0.1, -0.05) is 0 Å². The molecule has 0 radical (unpaired) electrons. The standard InChI is InChI=1S/C13H12N2O3/c1-18-12-8-14-7-6-11(12)13(17)15-9-2-4-10(16)5-3-9/h2-8,16H,1H3,(H,15,17). The summed E-state index contributed by atoms with van der Waals surface area (Å²) in [5, 5.41) is 11.9. The Morgan fingerprint density at radius 3 is 2.67 bits per heavy atom. The zero-order chi connectivity index (χ0) is 13.0. The number of amides is 1. The van der Waals surface area contributed by atoms with Crippen LogP contribution in [0.2, 0.25) is 0 Å². The fourth-order valence-corrected chi connectivity index (χ4v) is 1.47. The molecular formula is C13H12N2O3. The SMILES string of the molecule is COc1cnccc1C(=O)Nc1ccc(O)cc1. The van der Waals surface area contributed by atoms with Crippen LogP contribution in [0.3, 0.4) is 0 Å². The second-order valence-electron chi connectivity index (χ2n) is 3.58. The van der Waals surface area contributed by atoms with Gasteiger partial charge in [-0.3, -0.25) is 9.78 Å². The third-order valence-electron chi connectivity index (χ3n) is 2.37. The number of phenols is 1. The second-order valence-corrected chi connectivity index (χ2v) is 3.58. The average molecular weight is 244 g/mol. The van der Waals surface area contributed by atoms with Crippen molar-refractivity contribution in [3.05, 3.63) is 48.3 Å². The first-order valence-corrected chi connectivity index (χ1v) is 5.29. The molecule has 1 aromatic heterocycles. The minimum absolute atomic E-state index is 0.148.